The second-order valence-corrected chi connectivity index (χ2v) is 7.62. The van der Waals surface area contributed by atoms with Gasteiger partial charge in [-0.15, -0.1) is 0 Å². The molecule has 4 rings (SSSR count). The lowest BCUT2D eigenvalue weighted by Gasteiger charge is -2.30. The lowest BCUT2D eigenvalue weighted by Crippen LogP contribution is -2.42. The number of phenols is 1. The molecule has 32 heavy (non-hydrogen) atoms. The molecule has 0 bridgehead atoms. The van der Waals surface area contributed by atoms with Gasteiger partial charge in [0.1, 0.15) is 28.2 Å². The lowest BCUT2D eigenvalue weighted by atomic mass is 9.97. The molecule has 0 atom stereocenters. The molecule has 2 aromatic carbocycles. The highest BCUT2D eigenvalue weighted by atomic mass is 16.5. The van der Waals surface area contributed by atoms with Gasteiger partial charge in [0.05, 0.1) is 13.0 Å². The molecule has 1 N–H and O–H groups in total. The Hall–Kier alpha value is -3.81. The van der Waals surface area contributed by atoms with Crippen LogP contribution in [-0.4, -0.2) is 48.7 Å². The average Bonchev–Trinajstić information content (AvgIpc) is 2.82. The van der Waals surface area contributed by atoms with Gasteiger partial charge in [-0.2, -0.15) is 0 Å². The number of phenolic OH excluding ortho intramolecular Hbond substituents is 1. The molecule has 1 fully saturated rings. The fourth-order valence-corrected chi connectivity index (χ4v) is 3.84. The number of carbonyl (C=O) groups excluding carboxylic acids is 2. The number of esters is 1. The molecule has 3 aromatic rings. The molecule has 0 unspecified atom stereocenters. The molecule has 0 spiro atoms. The predicted molar refractivity (Wildman–Crippen MR) is 116 cm³/mol. The van der Waals surface area contributed by atoms with Crippen molar-refractivity contribution in [3.63, 3.8) is 0 Å². The number of benzene rings is 2. The van der Waals surface area contributed by atoms with Gasteiger partial charge in [0, 0.05) is 36.9 Å². The van der Waals surface area contributed by atoms with E-state index in [9.17, 15) is 19.5 Å². The first-order chi connectivity index (χ1) is 15.5. The number of aromatic hydroxyl groups is 1. The molecule has 2 heterocycles. The number of rotatable bonds is 5. The molecule has 166 valence electrons. The number of amides is 1. The maximum absolute atomic E-state index is 12.5. The molecule has 1 aliphatic heterocycles. The Morgan fingerprint density at radius 3 is 2.53 bits per heavy atom. The van der Waals surface area contributed by atoms with E-state index < -0.39 is 0 Å². The Kier molecular flexibility index (Phi) is 6.11. The van der Waals surface area contributed by atoms with Crippen LogP contribution in [0.2, 0.25) is 0 Å². The van der Waals surface area contributed by atoms with Crippen molar-refractivity contribution in [2.45, 2.75) is 12.8 Å². The third kappa shape index (κ3) is 4.44. The van der Waals surface area contributed by atoms with Crippen molar-refractivity contribution in [2.24, 2.45) is 5.92 Å². The van der Waals surface area contributed by atoms with Crippen molar-refractivity contribution < 1.29 is 28.6 Å². The van der Waals surface area contributed by atoms with Gasteiger partial charge >= 0.3 is 5.97 Å². The number of fused-ring (bicyclic) bond motifs is 1. The highest BCUT2D eigenvalue weighted by Gasteiger charge is 2.28. The number of piperidine rings is 1. The van der Waals surface area contributed by atoms with E-state index in [2.05, 4.69) is 0 Å². The lowest BCUT2D eigenvalue weighted by molar-refractivity contribution is -0.149. The number of hydrogen-bond acceptors (Lipinski definition) is 7. The number of carbonyl (C=O) groups is 2. The van der Waals surface area contributed by atoms with Crippen LogP contribution in [0.3, 0.4) is 0 Å². The van der Waals surface area contributed by atoms with Gasteiger partial charge in [-0.3, -0.25) is 14.4 Å². The van der Waals surface area contributed by atoms with Crippen LogP contribution < -0.4 is 10.2 Å². The zero-order valence-electron chi connectivity index (χ0n) is 17.6. The Bertz CT molecular complexity index is 1190. The van der Waals surface area contributed by atoms with Crippen molar-refractivity contribution in [3.05, 3.63) is 58.8 Å². The van der Waals surface area contributed by atoms with Crippen LogP contribution >= 0.6 is 0 Å². The third-order valence-corrected chi connectivity index (χ3v) is 5.59. The van der Waals surface area contributed by atoms with Crippen molar-refractivity contribution in [2.75, 3.05) is 26.8 Å². The summed E-state index contributed by atoms with van der Waals surface area (Å²) in [6.45, 7) is 0.650. The van der Waals surface area contributed by atoms with Gasteiger partial charge in [0.15, 0.2) is 12.0 Å². The Morgan fingerprint density at radius 1 is 1.12 bits per heavy atom. The molecule has 1 aliphatic rings. The van der Waals surface area contributed by atoms with Gasteiger partial charge in [-0.25, -0.2) is 0 Å². The van der Waals surface area contributed by atoms with Gasteiger partial charge in [-0.1, -0.05) is 30.3 Å². The predicted octanol–water partition coefficient (Wildman–Crippen LogP) is 2.96. The van der Waals surface area contributed by atoms with Crippen LogP contribution in [0.25, 0.3) is 22.3 Å². The summed E-state index contributed by atoms with van der Waals surface area (Å²) < 4.78 is 16.2. The van der Waals surface area contributed by atoms with Crippen LogP contribution in [0, 0.1) is 5.92 Å². The fourth-order valence-electron chi connectivity index (χ4n) is 3.84. The first-order valence-electron chi connectivity index (χ1n) is 10.3. The standard InChI is InChI=1S/C24H23NO7/c1-30-24(29)16-7-9-25(10-8-16)22(28)14-31-17-11-18(26)23-19(27)13-20(32-21(23)12-17)15-5-3-2-4-6-15/h2-6,11-13,16,26H,7-10,14H2,1H3. The van der Waals surface area contributed by atoms with Gasteiger partial charge in [0.25, 0.3) is 5.91 Å². The minimum Gasteiger partial charge on any atom is -0.507 e. The van der Waals surface area contributed by atoms with E-state index in [0.717, 1.165) is 5.56 Å². The second-order valence-electron chi connectivity index (χ2n) is 7.62. The molecule has 0 aliphatic carbocycles. The maximum Gasteiger partial charge on any atom is 0.308 e. The summed E-state index contributed by atoms with van der Waals surface area (Å²) in [5.41, 5.74) is 0.513. The summed E-state index contributed by atoms with van der Waals surface area (Å²) in [7, 11) is 1.36. The third-order valence-electron chi connectivity index (χ3n) is 5.59. The van der Waals surface area contributed by atoms with Crippen molar-refractivity contribution in [1.29, 1.82) is 0 Å². The summed E-state index contributed by atoms with van der Waals surface area (Å²) in [6, 6.07) is 13.2. The zero-order chi connectivity index (χ0) is 22.7. The molecule has 0 radical (unpaired) electrons. The first-order valence-corrected chi connectivity index (χ1v) is 10.3. The molecule has 1 saturated heterocycles. The normalized spacial score (nSPS) is 14.3. The maximum atomic E-state index is 12.5. The molecule has 0 saturated carbocycles. The second kappa shape index (κ2) is 9.13. The molecule has 1 amide bonds. The number of hydrogen-bond donors (Lipinski definition) is 1. The van der Waals surface area contributed by atoms with Crippen molar-refractivity contribution in [3.8, 4) is 22.8 Å². The Balaban J connectivity index is 1.48. The molecule has 8 nitrogen and oxygen atoms in total. The fraction of sp³-hybridized carbons (Fsp3) is 0.292. The highest BCUT2D eigenvalue weighted by Crippen LogP contribution is 2.31. The van der Waals surface area contributed by atoms with Gasteiger partial charge in [0.2, 0.25) is 0 Å². The largest absolute Gasteiger partial charge is 0.507 e. The SMILES string of the molecule is COC(=O)C1CCN(C(=O)COc2cc(O)c3c(=O)cc(-c4ccccc4)oc3c2)CC1. The van der Waals surface area contributed by atoms with Gasteiger partial charge in [-0.05, 0) is 12.8 Å². The van der Waals surface area contributed by atoms with Crippen molar-refractivity contribution in [1.82, 2.24) is 4.90 Å². The summed E-state index contributed by atoms with van der Waals surface area (Å²) >= 11 is 0. The van der Waals surface area contributed by atoms with Crippen LogP contribution in [-0.2, 0) is 14.3 Å². The zero-order valence-corrected chi connectivity index (χ0v) is 17.6. The van der Waals surface area contributed by atoms with Crippen LogP contribution in [0.1, 0.15) is 12.8 Å². The molecular formula is C24H23NO7. The summed E-state index contributed by atoms with van der Waals surface area (Å²) in [4.78, 5) is 38.3. The molecule has 1 aromatic heterocycles. The molecular weight excluding hydrogens is 414 g/mol. The minimum atomic E-state index is -0.376. The summed E-state index contributed by atoms with van der Waals surface area (Å²) in [5, 5.41) is 10.4. The average molecular weight is 437 g/mol. The van der Waals surface area contributed by atoms with Crippen LogP contribution in [0.5, 0.6) is 11.5 Å². The monoisotopic (exact) mass is 437 g/mol. The summed E-state index contributed by atoms with van der Waals surface area (Å²) in [5.74, 6) is -0.379. The van der Waals surface area contributed by atoms with Crippen LogP contribution in [0.15, 0.2) is 57.7 Å². The highest BCUT2D eigenvalue weighted by molar-refractivity contribution is 5.86. The van der Waals surface area contributed by atoms with Crippen molar-refractivity contribution >= 4 is 22.8 Å². The van der Waals surface area contributed by atoms with Gasteiger partial charge < -0.3 is 23.9 Å². The first kappa shape index (κ1) is 21.4. The quantitative estimate of drug-likeness (QED) is 0.612. The van der Waals surface area contributed by atoms with E-state index >= 15 is 0 Å². The number of likely N-dealkylation sites (tertiary alicyclic amines) is 1. The van der Waals surface area contributed by atoms with E-state index in [1.54, 1.807) is 4.90 Å². The van der Waals surface area contributed by atoms with E-state index in [4.69, 9.17) is 13.9 Å². The minimum absolute atomic E-state index is 0.0493. The number of nitrogens with zero attached hydrogens (tertiary/aromatic N) is 1. The molecule has 8 heteroatoms. The van der Waals surface area contributed by atoms with E-state index in [1.807, 2.05) is 30.3 Å². The number of methoxy groups -OCH3 is 1. The number of ether oxygens (including phenoxy) is 2. The summed E-state index contributed by atoms with van der Waals surface area (Å²) in [6.07, 6.45) is 1.09. The Morgan fingerprint density at radius 2 is 1.84 bits per heavy atom. The van der Waals surface area contributed by atoms with E-state index in [0.29, 0.717) is 31.7 Å². The smallest absolute Gasteiger partial charge is 0.308 e. The Labute approximate surface area is 184 Å². The van der Waals surface area contributed by atoms with Crippen LogP contribution in [0.4, 0.5) is 0 Å². The van der Waals surface area contributed by atoms with E-state index in [-0.39, 0.29) is 52.3 Å². The van der Waals surface area contributed by atoms with E-state index in [1.165, 1.54) is 25.3 Å². The topological polar surface area (TPSA) is 106 Å².